The summed E-state index contributed by atoms with van der Waals surface area (Å²) in [5, 5.41) is 2.82. The highest BCUT2D eigenvalue weighted by Gasteiger charge is 2.27. The molecule has 3 aromatic carbocycles. The van der Waals surface area contributed by atoms with Gasteiger partial charge in [-0.15, -0.1) is 0 Å². The number of carbonyl (C=O) groups is 2. The molecule has 1 aliphatic heterocycles. The molecule has 5 nitrogen and oxygen atoms in total. The lowest BCUT2D eigenvalue weighted by Crippen LogP contribution is -2.38. The maximum Gasteiger partial charge on any atom is 0.265 e. The first-order chi connectivity index (χ1) is 14.0. The van der Waals surface area contributed by atoms with Crippen LogP contribution in [0.2, 0.25) is 0 Å². The predicted molar refractivity (Wildman–Crippen MR) is 112 cm³/mol. The maximum absolute atomic E-state index is 14.1. The molecule has 0 saturated carbocycles. The number of benzene rings is 3. The van der Waals surface area contributed by atoms with Crippen molar-refractivity contribution in [3.63, 3.8) is 0 Å². The Labute approximate surface area is 175 Å². The second kappa shape index (κ2) is 8.05. The van der Waals surface area contributed by atoms with Crippen LogP contribution in [0.3, 0.4) is 0 Å². The van der Waals surface area contributed by atoms with E-state index in [1.165, 1.54) is 11.0 Å². The average molecular weight is 455 g/mol. The number of hydrogen-bond acceptors (Lipinski definition) is 3. The molecule has 3 aromatic rings. The number of hydrogen-bond donors (Lipinski definition) is 1. The molecule has 0 spiro atoms. The second-order valence-corrected chi connectivity index (χ2v) is 7.42. The van der Waals surface area contributed by atoms with Crippen LogP contribution in [-0.2, 0) is 11.3 Å². The van der Waals surface area contributed by atoms with Crippen LogP contribution >= 0.6 is 15.9 Å². The number of anilines is 2. The third kappa shape index (κ3) is 4.14. The summed E-state index contributed by atoms with van der Waals surface area (Å²) in [6.45, 7) is -0.0436. The number of nitrogens with zero attached hydrogens (tertiary/aromatic N) is 1. The zero-order valence-electron chi connectivity index (χ0n) is 15.2. The molecule has 0 unspecified atom stereocenters. The normalized spacial score (nSPS) is 12.9. The standard InChI is InChI=1S/C22H16BrFN2O3/c23-16-7-5-14(6-8-16)22(28)25-17-9-10-20-19(11-17)26(21(27)13-29-20)12-15-3-1-2-4-18(15)24/h1-11H,12-13H2,(H,25,28). The molecule has 0 atom stereocenters. The molecule has 1 heterocycles. The van der Waals surface area contributed by atoms with Gasteiger partial charge in [-0.2, -0.15) is 0 Å². The van der Waals surface area contributed by atoms with Crippen LogP contribution in [0.25, 0.3) is 0 Å². The quantitative estimate of drug-likeness (QED) is 0.617. The zero-order chi connectivity index (χ0) is 20.4. The molecule has 1 N–H and O–H groups in total. The summed E-state index contributed by atoms with van der Waals surface area (Å²) in [6, 6.07) is 18.3. The Morgan fingerprint density at radius 3 is 2.62 bits per heavy atom. The summed E-state index contributed by atoms with van der Waals surface area (Å²) < 4.78 is 20.5. The van der Waals surface area contributed by atoms with Crippen molar-refractivity contribution in [2.24, 2.45) is 0 Å². The first kappa shape index (κ1) is 19.1. The molecule has 0 bridgehead atoms. The largest absolute Gasteiger partial charge is 0.482 e. The molecule has 0 aliphatic carbocycles. The highest BCUT2D eigenvalue weighted by atomic mass is 79.9. The molecule has 2 amide bonds. The average Bonchev–Trinajstić information content (AvgIpc) is 2.72. The number of carbonyl (C=O) groups excluding carboxylic acids is 2. The Morgan fingerprint density at radius 2 is 1.86 bits per heavy atom. The van der Waals surface area contributed by atoms with Crippen molar-refractivity contribution in [1.29, 1.82) is 0 Å². The number of ether oxygens (including phenoxy) is 1. The topological polar surface area (TPSA) is 58.6 Å². The maximum atomic E-state index is 14.1. The van der Waals surface area contributed by atoms with Gasteiger partial charge in [0.1, 0.15) is 11.6 Å². The molecular formula is C22H16BrFN2O3. The number of rotatable bonds is 4. The molecule has 1 aliphatic rings. The van der Waals surface area contributed by atoms with Crippen molar-refractivity contribution in [2.75, 3.05) is 16.8 Å². The van der Waals surface area contributed by atoms with Gasteiger partial charge in [0.25, 0.3) is 11.8 Å². The van der Waals surface area contributed by atoms with Gasteiger partial charge in [-0.3, -0.25) is 9.59 Å². The minimum Gasteiger partial charge on any atom is -0.482 e. The van der Waals surface area contributed by atoms with Gasteiger partial charge in [-0.25, -0.2) is 4.39 Å². The van der Waals surface area contributed by atoms with Crippen LogP contribution in [-0.4, -0.2) is 18.4 Å². The summed E-state index contributed by atoms with van der Waals surface area (Å²) in [4.78, 5) is 26.4. The Kier molecular flexibility index (Phi) is 5.31. The fraction of sp³-hybridized carbons (Fsp3) is 0.0909. The van der Waals surface area contributed by atoms with E-state index in [0.29, 0.717) is 28.3 Å². The summed E-state index contributed by atoms with van der Waals surface area (Å²) in [5.74, 6) is -0.436. The van der Waals surface area contributed by atoms with E-state index >= 15 is 0 Å². The molecule has 146 valence electrons. The van der Waals surface area contributed by atoms with Gasteiger partial charge in [0.2, 0.25) is 0 Å². The Morgan fingerprint density at radius 1 is 1.10 bits per heavy atom. The molecule has 0 fully saturated rings. The second-order valence-electron chi connectivity index (χ2n) is 6.50. The van der Waals surface area contributed by atoms with Crippen LogP contribution in [0.15, 0.2) is 71.2 Å². The highest BCUT2D eigenvalue weighted by Crippen LogP contribution is 2.36. The summed E-state index contributed by atoms with van der Waals surface area (Å²) in [7, 11) is 0. The molecule has 29 heavy (non-hydrogen) atoms. The van der Waals surface area contributed by atoms with Gasteiger partial charge in [0, 0.05) is 21.3 Å². The summed E-state index contributed by atoms with van der Waals surface area (Å²) in [5.41, 5.74) is 1.89. The van der Waals surface area contributed by atoms with Gasteiger partial charge in [0.15, 0.2) is 6.61 Å². The van der Waals surface area contributed by atoms with Crippen LogP contribution in [0.5, 0.6) is 5.75 Å². The third-order valence-electron chi connectivity index (χ3n) is 4.55. The Hall–Kier alpha value is -3.19. The Balaban J connectivity index is 1.61. The van der Waals surface area contributed by atoms with E-state index in [1.807, 2.05) is 0 Å². The van der Waals surface area contributed by atoms with E-state index in [0.717, 1.165) is 4.47 Å². The van der Waals surface area contributed by atoms with Crippen molar-refractivity contribution in [3.05, 3.63) is 88.1 Å². The lowest BCUT2D eigenvalue weighted by atomic mass is 10.1. The number of halogens is 2. The van der Waals surface area contributed by atoms with Gasteiger partial charge >= 0.3 is 0 Å². The molecular weight excluding hydrogens is 439 g/mol. The lowest BCUT2D eigenvalue weighted by molar-refractivity contribution is -0.121. The number of nitrogens with one attached hydrogen (secondary N) is 1. The minimum absolute atomic E-state index is 0.0754. The molecule has 0 saturated heterocycles. The highest BCUT2D eigenvalue weighted by molar-refractivity contribution is 9.10. The third-order valence-corrected chi connectivity index (χ3v) is 5.08. The van der Waals surface area contributed by atoms with Gasteiger partial charge in [-0.05, 0) is 48.5 Å². The summed E-state index contributed by atoms with van der Waals surface area (Å²) in [6.07, 6.45) is 0. The first-order valence-electron chi connectivity index (χ1n) is 8.89. The summed E-state index contributed by atoms with van der Waals surface area (Å²) >= 11 is 3.34. The van der Waals surface area contributed by atoms with Crippen LogP contribution in [0, 0.1) is 5.82 Å². The lowest BCUT2D eigenvalue weighted by Gasteiger charge is -2.30. The van der Waals surface area contributed by atoms with E-state index in [9.17, 15) is 14.0 Å². The smallest absolute Gasteiger partial charge is 0.265 e. The predicted octanol–water partition coefficient (Wildman–Crippen LogP) is 4.77. The van der Waals surface area contributed by atoms with Crippen LogP contribution in [0.4, 0.5) is 15.8 Å². The molecule has 4 rings (SSSR count). The molecule has 0 radical (unpaired) electrons. The fourth-order valence-corrected chi connectivity index (χ4v) is 3.32. The van der Waals surface area contributed by atoms with E-state index < -0.39 is 0 Å². The SMILES string of the molecule is O=C(Nc1ccc2c(c1)N(Cc1ccccc1F)C(=O)CO2)c1ccc(Br)cc1. The van der Waals surface area contributed by atoms with Crippen LogP contribution in [0.1, 0.15) is 15.9 Å². The number of fused-ring (bicyclic) bond motifs is 1. The van der Waals surface area contributed by atoms with Crippen molar-refractivity contribution in [3.8, 4) is 5.75 Å². The molecule has 0 aromatic heterocycles. The molecule has 7 heteroatoms. The van der Waals surface area contributed by atoms with E-state index in [2.05, 4.69) is 21.2 Å². The van der Waals surface area contributed by atoms with E-state index in [4.69, 9.17) is 4.74 Å². The van der Waals surface area contributed by atoms with Crippen molar-refractivity contribution in [2.45, 2.75) is 6.54 Å². The first-order valence-corrected chi connectivity index (χ1v) is 9.68. The van der Waals surface area contributed by atoms with Crippen molar-refractivity contribution in [1.82, 2.24) is 0 Å². The fourth-order valence-electron chi connectivity index (χ4n) is 3.05. The Bertz CT molecular complexity index is 1090. The minimum atomic E-state index is -0.381. The van der Waals surface area contributed by atoms with E-state index in [1.54, 1.807) is 60.7 Å². The monoisotopic (exact) mass is 454 g/mol. The van der Waals surface area contributed by atoms with Gasteiger partial charge in [0.05, 0.1) is 12.2 Å². The van der Waals surface area contributed by atoms with Crippen LogP contribution < -0.4 is 15.0 Å². The van der Waals surface area contributed by atoms with E-state index in [-0.39, 0.29) is 30.8 Å². The zero-order valence-corrected chi connectivity index (χ0v) is 16.8. The van der Waals surface area contributed by atoms with Crippen molar-refractivity contribution < 1.29 is 18.7 Å². The van der Waals surface area contributed by atoms with Gasteiger partial charge in [-0.1, -0.05) is 34.1 Å². The van der Waals surface area contributed by atoms with Gasteiger partial charge < -0.3 is 15.0 Å². The van der Waals surface area contributed by atoms with Crippen molar-refractivity contribution >= 4 is 39.1 Å². The number of amides is 2.